The van der Waals surface area contributed by atoms with E-state index in [0.717, 1.165) is 5.57 Å². The van der Waals surface area contributed by atoms with Crippen molar-refractivity contribution in [2.75, 3.05) is 19.7 Å². The Balaban J connectivity index is 2.54. The minimum absolute atomic E-state index is 0.0832. The predicted molar refractivity (Wildman–Crippen MR) is 79.7 cm³/mol. The van der Waals surface area contributed by atoms with Gasteiger partial charge in [-0.15, -0.1) is 0 Å². The van der Waals surface area contributed by atoms with Crippen LogP contribution < -0.4 is 0 Å². The van der Waals surface area contributed by atoms with Crippen LogP contribution in [0.5, 0.6) is 0 Å². The van der Waals surface area contributed by atoms with Gasteiger partial charge >= 0.3 is 5.97 Å². The summed E-state index contributed by atoms with van der Waals surface area (Å²) in [4.78, 5) is 25.3. The van der Waals surface area contributed by atoms with Crippen LogP contribution in [-0.4, -0.2) is 41.6 Å². The van der Waals surface area contributed by atoms with Gasteiger partial charge in [-0.05, 0) is 31.5 Å². The maximum atomic E-state index is 11.9. The minimum Gasteiger partial charge on any atom is -0.452 e. The van der Waals surface area contributed by atoms with Crippen LogP contribution in [-0.2, 0) is 16.1 Å². The first-order chi connectivity index (χ1) is 9.97. The van der Waals surface area contributed by atoms with Gasteiger partial charge in [0, 0.05) is 13.1 Å². The number of benzene rings is 1. The third-order valence-electron chi connectivity index (χ3n) is 2.89. The molecule has 0 unspecified atom stereocenters. The second kappa shape index (κ2) is 8.21. The van der Waals surface area contributed by atoms with Crippen molar-refractivity contribution < 1.29 is 19.4 Å². The number of esters is 1. The molecular weight excluding hydrogens is 270 g/mol. The number of amides is 1. The standard InChI is InChI=1S/C16H21NO4/c1-4-17(9-12(2)3)15(19)11-21-16(20)14-7-5-13(10-18)6-8-14/h5-8,18H,2,4,9-11H2,1,3H3. The zero-order chi connectivity index (χ0) is 15.8. The summed E-state index contributed by atoms with van der Waals surface area (Å²) in [5.74, 6) is -0.806. The third kappa shape index (κ3) is 5.39. The third-order valence-corrected chi connectivity index (χ3v) is 2.89. The predicted octanol–water partition coefficient (Wildman–Crippen LogP) is 1.76. The average molecular weight is 291 g/mol. The maximum absolute atomic E-state index is 11.9. The Kier molecular flexibility index (Phi) is 6.62. The van der Waals surface area contributed by atoms with Gasteiger partial charge in [0.15, 0.2) is 6.61 Å². The van der Waals surface area contributed by atoms with Gasteiger partial charge in [-0.3, -0.25) is 4.79 Å². The molecule has 0 aliphatic carbocycles. The smallest absolute Gasteiger partial charge is 0.338 e. The van der Waals surface area contributed by atoms with Gasteiger partial charge in [-0.25, -0.2) is 4.79 Å². The fraction of sp³-hybridized carbons (Fsp3) is 0.375. The van der Waals surface area contributed by atoms with Crippen LogP contribution in [0.15, 0.2) is 36.4 Å². The molecule has 114 valence electrons. The number of hydrogen-bond acceptors (Lipinski definition) is 4. The zero-order valence-corrected chi connectivity index (χ0v) is 12.5. The first-order valence-electron chi connectivity index (χ1n) is 6.77. The van der Waals surface area contributed by atoms with Crippen LogP contribution in [0.2, 0.25) is 0 Å². The van der Waals surface area contributed by atoms with E-state index in [-0.39, 0.29) is 19.1 Å². The molecule has 0 radical (unpaired) electrons. The monoisotopic (exact) mass is 291 g/mol. The van der Waals surface area contributed by atoms with Crippen molar-refractivity contribution in [1.82, 2.24) is 4.90 Å². The zero-order valence-electron chi connectivity index (χ0n) is 12.5. The van der Waals surface area contributed by atoms with Crippen LogP contribution in [0, 0.1) is 0 Å². The fourth-order valence-corrected chi connectivity index (χ4v) is 1.75. The number of carbonyl (C=O) groups is 2. The molecule has 21 heavy (non-hydrogen) atoms. The summed E-state index contributed by atoms with van der Waals surface area (Å²) in [5, 5.41) is 8.93. The average Bonchev–Trinajstić information content (AvgIpc) is 2.49. The van der Waals surface area contributed by atoms with Crippen molar-refractivity contribution in [2.45, 2.75) is 20.5 Å². The maximum Gasteiger partial charge on any atom is 0.338 e. The number of rotatable bonds is 7. The lowest BCUT2D eigenvalue weighted by atomic mass is 10.1. The SMILES string of the molecule is C=C(C)CN(CC)C(=O)COC(=O)c1ccc(CO)cc1. The molecule has 5 heteroatoms. The molecule has 1 aromatic carbocycles. The van der Waals surface area contributed by atoms with E-state index in [9.17, 15) is 9.59 Å². The highest BCUT2D eigenvalue weighted by molar-refractivity contribution is 5.91. The molecule has 0 fully saturated rings. The molecule has 0 aliphatic heterocycles. The van der Waals surface area contributed by atoms with Crippen molar-refractivity contribution in [3.8, 4) is 0 Å². The number of likely N-dealkylation sites (N-methyl/N-ethyl adjacent to an activating group) is 1. The Labute approximate surface area is 124 Å². The van der Waals surface area contributed by atoms with Crippen LogP contribution >= 0.6 is 0 Å². The molecule has 1 rings (SSSR count). The molecule has 1 aromatic rings. The molecule has 0 saturated carbocycles. The van der Waals surface area contributed by atoms with Gasteiger partial charge in [0.2, 0.25) is 0 Å². The van der Waals surface area contributed by atoms with Crippen molar-refractivity contribution in [2.24, 2.45) is 0 Å². The first kappa shape index (κ1) is 16.9. The fourth-order valence-electron chi connectivity index (χ4n) is 1.75. The number of hydrogen-bond donors (Lipinski definition) is 1. The Morgan fingerprint density at radius 3 is 2.38 bits per heavy atom. The molecule has 0 heterocycles. The lowest BCUT2D eigenvalue weighted by Crippen LogP contribution is -2.35. The summed E-state index contributed by atoms with van der Waals surface area (Å²) in [5.41, 5.74) is 1.93. The molecule has 1 amide bonds. The molecule has 5 nitrogen and oxygen atoms in total. The van der Waals surface area contributed by atoms with E-state index in [1.807, 2.05) is 13.8 Å². The highest BCUT2D eigenvalue weighted by atomic mass is 16.5. The second-order valence-electron chi connectivity index (χ2n) is 4.80. The van der Waals surface area contributed by atoms with E-state index in [4.69, 9.17) is 9.84 Å². The van der Waals surface area contributed by atoms with Gasteiger partial charge < -0.3 is 14.7 Å². The highest BCUT2D eigenvalue weighted by Crippen LogP contribution is 2.06. The first-order valence-corrected chi connectivity index (χ1v) is 6.77. The van der Waals surface area contributed by atoms with Crippen LogP contribution in [0.25, 0.3) is 0 Å². The van der Waals surface area contributed by atoms with Gasteiger partial charge in [-0.2, -0.15) is 0 Å². The topological polar surface area (TPSA) is 66.8 Å². The van der Waals surface area contributed by atoms with Gasteiger partial charge in [-0.1, -0.05) is 24.3 Å². The Hall–Kier alpha value is -2.14. The highest BCUT2D eigenvalue weighted by Gasteiger charge is 2.15. The summed E-state index contributed by atoms with van der Waals surface area (Å²) in [7, 11) is 0. The minimum atomic E-state index is -0.556. The van der Waals surface area contributed by atoms with Crippen LogP contribution in [0.3, 0.4) is 0 Å². The summed E-state index contributed by atoms with van der Waals surface area (Å²) < 4.78 is 5.01. The number of carbonyl (C=O) groups excluding carboxylic acids is 2. The molecule has 0 aliphatic rings. The molecule has 1 N–H and O–H groups in total. The lowest BCUT2D eigenvalue weighted by Gasteiger charge is -2.20. The molecule has 0 atom stereocenters. The summed E-state index contributed by atoms with van der Waals surface area (Å²) in [6.45, 7) is 8.08. The Bertz CT molecular complexity index is 508. The Morgan fingerprint density at radius 2 is 1.90 bits per heavy atom. The van der Waals surface area contributed by atoms with E-state index in [1.54, 1.807) is 29.2 Å². The summed E-state index contributed by atoms with van der Waals surface area (Å²) in [6, 6.07) is 6.39. The van der Waals surface area contributed by atoms with Gasteiger partial charge in [0.1, 0.15) is 0 Å². The lowest BCUT2D eigenvalue weighted by molar-refractivity contribution is -0.133. The van der Waals surface area contributed by atoms with Crippen LogP contribution in [0.4, 0.5) is 0 Å². The van der Waals surface area contributed by atoms with E-state index >= 15 is 0 Å². The number of aliphatic hydroxyl groups is 1. The van der Waals surface area contributed by atoms with Crippen molar-refractivity contribution in [3.63, 3.8) is 0 Å². The second-order valence-corrected chi connectivity index (χ2v) is 4.80. The van der Waals surface area contributed by atoms with Crippen molar-refractivity contribution in [3.05, 3.63) is 47.5 Å². The van der Waals surface area contributed by atoms with Crippen molar-refractivity contribution in [1.29, 1.82) is 0 Å². The Morgan fingerprint density at radius 1 is 1.29 bits per heavy atom. The largest absolute Gasteiger partial charge is 0.452 e. The quantitative estimate of drug-likeness (QED) is 0.614. The number of ether oxygens (including phenoxy) is 1. The van der Waals surface area contributed by atoms with E-state index in [2.05, 4.69) is 6.58 Å². The molecule has 0 spiro atoms. The van der Waals surface area contributed by atoms with E-state index in [1.165, 1.54) is 0 Å². The molecule has 0 aromatic heterocycles. The van der Waals surface area contributed by atoms with Crippen LogP contribution in [0.1, 0.15) is 29.8 Å². The van der Waals surface area contributed by atoms with E-state index < -0.39 is 5.97 Å². The van der Waals surface area contributed by atoms with Gasteiger partial charge in [0.05, 0.1) is 12.2 Å². The number of aliphatic hydroxyl groups excluding tert-OH is 1. The van der Waals surface area contributed by atoms with E-state index in [0.29, 0.717) is 24.2 Å². The van der Waals surface area contributed by atoms with Gasteiger partial charge in [0.25, 0.3) is 5.91 Å². The molecular formula is C16H21NO4. The van der Waals surface area contributed by atoms with Crippen molar-refractivity contribution >= 4 is 11.9 Å². The number of nitrogens with zero attached hydrogens (tertiary/aromatic N) is 1. The normalized spacial score (nSPS) is 10.0. The summed E-state index contributed by atoms with van der Waals surface area (Å²) in [6.07, 6.45) is 0. The summed E-state index contributed by atoms with van der Waals surface area (Å²) >= 11 is 0. The molecule has 0 saturated heterocycles. The molecule has 0 bridgehead atoms.